The predicted octanol–water partition coefficient (Wildman–Crippen LogP) is 2.78. The highest BCUT2D eigenvalue weighted by Crippen LogP contribution is 2.25. The molecule has 84 valence electrons. The summed E-state index contributed by atoms with van der Waals surface area (Å²) in [6, 6.07) is 8.24. The Labute approximate surface area is 101 Å². The zero-order chi connectivity index (χ0) is 12.3. The molecular weight excluding hydrogens is 238 g/mol. The minimum Gasteiger partial charge on any atom is -0.258 e. The van der Waals surface area contributed by atoms with E-state index in [-0.39, 0.29) is 12.1 Å². The second-order valence-electron chi connectivity index (χ2n) is 3.28. The normalized spacial score (nSPS) is 9.82. The number of nitriles is 1. The Morgan fingerprint density at radius 3 is 2.71 bits per heavy atom. The van der Waals surface area contributed by atoms with E-state index in [9.17, 15) is 10.1 Å². The standard InChI is InChI=1S/C11H7N3O2S/c12-6-5-9-7-17-11(13-9)8-1-3-10(4-2-8)14(15)16/h1-4,7H,5H2. The molecule has 0 spiro atoms. The number of non-ortho nitro benzene ring substituents is 1. The highest BCUT2D eigenvalue weighted by Gasteiger charge is 2.08. The fraction of sp³-hybridized carbons (Fsp3) is 0.0909. The Kier molecular flexibility index (Phi) is 3.12. The lowest BCUT2D eigenvalue weighted by atomic mass is 10.2. The largest absolute Gasteiger partial charge is 0.269 e. The van der Waals surface area contributed by atoms with Gasteiger partial charge in [0.2, 0.25) is 0 Å². The van der Waals surface area contributed by atoms with E-state index in [0.717, 1.165) is 16.3 Å². The van der Waals surface area contributed by atoms with Gasteiger partial charge in [0.15, 0.2) is 0 Å². The first-order chi connectivity index (χ1) is 8.20. The quantitative estimate of drug-likeness (QED) is 0.615. The summed E-state index contributed by atoms with van der Waals surface area (Å²) in [5.74, 6) is 0. The van der Waals surface area contributed by atoms with Crippen LogP contribution in [-0.2, 0) is 6.42 Å². The summed E-state index contributed by atoms with van der Waals surface area (Å²) in [5, 5.41) is 21.6. The summed E-state index contributed by atoms with van der Waals surface area (Å²) < 4.78 is 0. The average Bonchev–Trinajstić information content (AvgIpc) is 2.78. The van der Waals surface area contributed by atoms with E-state index in [1.165, 1.54) is 23.5 Å². The Morgan fingerprint density at radius 2 is 2.12 bits per heavy atom. The van der Waals surface area contributed by atoms with Crippen molar-refractivity contribution in [2.75, 3.05) is 0 Å². The molecular formula is C11H7N3O2S. The fourth-order valence-corrected chi connectivity index (χ4v) is 2.15. The lowest BCUT2D eigenvalue weighted by Crippen LogP contribution is -1.87. The maximum Gasteiger partial charge on any atom is 0.269 e. The first-order valence-corrected chi connectivity index (χ1v) is 5.65. The minimum absolute atomic E-state index is 0.0579. The Hall–Kier alpha value is -2.26. The van der Waals surface area contributed by atoms with Crippen LogP contribution in [0, 0.1) is 21.4 Å². The number of nitro groups is 1. The predicted molar refractivity (Wildman–Crippen MR) is 63.5 cm³/mol. The van der Waals surface area contributed by atoms with E-state index in [4.69, 9.17) is 5.26 Å². The van der Waals surface area contributed by atoms with Gasteiger partial charge < -0.3 is 0 Å². The van der Waals surface area contributed by atoms with Crippen LogP contribution in [0.3, 0.4) is 0 Å². The molecule has 0 fully saturated rings. The van der Waals surface area contributed by atoms with Crippen LogP contribution < -0.4 is 0 Å². The van der Waals surface area contributed by atoms with Crippen molar-refractivity contribution in [3.8, 4) is 16.6 Å². The number of nitro benzene ring substituents is 1. The van der Waals surface area contributed by atoms with Gasteiger partial charge in [0.1, 0.15) is 5.01 Å². The van der Waals surface area contributed by atoms with E-state index in [1.54, 1.807) is 12.1 Å². The van der Waals surface area contributed by atoms with E-state index in [1.807, 2.05) is 11.4 Å². The van der Waals surface area contributed by atoms with Crippen LogP contribution in [0.25, 0.3) is 10.6 Å². The van der Waals surface area contributed by atoms with Crippen LogP contribution in [-0.4, -0.2) is 9.91 Å². The van der Waals surface area contributed by atoms with Gasteiger partial charge in [0.25, 0.3) is 5.69 Å². The van der Waals surface area contributed by atoms with Crippen molar-refractivity contribution in [1.82, 2.24) is 4.98 Å². The number of rotatable bonds is 3. The van der Waals surface area contributed by atoms with Gasteiger partial charge in [-0.25, -0.2) is 4.98 Å². The summed E-state index contributed by atoms with van der Waals surface area (Å²) >= 11 is 1.42. The van der Waals surface area contributed by atoms with Crippen molar-refractivity contribution in [2.45, 2.75) is 6.42 Å². The summed E-state index contributed by atoms with van der Waals surface area (Å²) in [5.41, 5.74) is 1.61. The lowest BCUT2D eigenvalue weighted by molar-refractivity contribution is -0.384. The monoisotopic (exact) mass is 245 g/mol. The second kappa shape index (κ2) is 4.72. The summed E-state index contributed by atoms with van der Waals surface area (Å²) in [7, 11) is 0. The summed E-state index contributed by atoms with van der Waals surface area (Å²) in [4.78, 5) is 14.3. The number of benzene rings is 1. The molecule has 0 N–H and O–H groups in total. The van der Waals surface area contributed by atoms with Gasteiger partial charge in [-0.1, -0.05) is 0 Å². The number of hydrogen-bond donors (Lipinski definition) is 0. The fourth-order valence-electron chi connectivity index (χ4n) is 1.33. The third-order valence-corrected chi connectivity index (χ3v) is 3.08. The van der Waals surface area contributed by atoms with Crippen LogP contribution in [0.2, 0.25) is 0 Å². The molecule has 17 heavy (non-hydrogen) atoms. The first-order valence-electron chi connectivity index (χ1n) is 4.77. The van der Waals surface area contributed by atoms with Gasteiger partial charge in [0, 0.05) is 23.1 Å². The Morgan fingerprint density at radius 1 is 1.41 bits per heavy atom. The molecule has 1 aromatic heterocycles. The SMILES string of the molecule is N#CCc1csc(-c2ccc([N+](=O)[O-])cc2)n1. The number of hydrogen-bond acceptors (Lipinski definition) is 5. The third kappa shape index (κ3) is 2.46. The first kappa shape index (κ1) is 11.2. The van der Waals surface area contributed by atoms with E-state index >= 15 is 0 Å². The molecule has 0 aliphatic carbocycles. The van der Waals surface area contributed by atoms with Crippen LogP contribution in [0.15, 0.2) is 29.6 Å². The number of nitrogens with zero attached hydrogens (tertiary/aromatic N) is 3. The molecule has 0 amide bonds. The molecule has 0 saturated heterocycles. The zero-order valence-corrected chi connectivity index (χ0v) is 9.48. The molecule has 0 aliphatic heterocycles. The molecule has 1 heterocycles. The Balaban J connectivity index is 2.27. The maximum absolute atomic E-state index is 10.5. The van der Waals surface area contributed by atoms with E-state index in [2.05, 4.69) is 4.98 Å². The number of aromatic nitrogens is 1. The van der Waals surface area contributed by atoms with Crippen molar-refractivity contribution >= 4 is 17.0 Å². The molecule has 0 radical (unpaired) electrons. The molecule has 0 aliphatic rings. The van der Waals surface area contributed by atoms with Crippen LogP contribution in [0.5, 0.6) is 0 Å². The molecule has 0 unspecified atom stereocenters. The molecule has 0 atom stereocenters. The molecule has 0 bridgehead atoms. The lowest BCUT2D eigenvalue weighted by Gasteiger charge is -1.95. The van der Waals surface area contributed by atoms with Crippen molar-refractivity contribution in [1.29, 1.82) is 5.26 Å². The average molecular weight is 245 g/mol. The molecule has 0 saturated carbocycles. The third-order valence-electron chi connectivity index (χ3n) is 2.14. The van der Waals surface area contributed by atoms with E-state index < -0.39 is 4.92 Å². The second-order valence-corrected chi connectivity index (χ2v) is 4.14. The number of thiazole rings is 1. The van der Waals surface area contributed by atoms with Gasteiger partial charge in [-0.2, -0.15) is 5.26 Å². The Bertz CT molecular complexity index is 584. The van der Waals surface area contributed by atoms with Gasteiger partial charge in [-0.3, -0.25) is 10.1 Å². The van der Waals surface area contributed by atoms with Gasteiger partial charge >= 0.3 is 0 Å². The maximum atomic E-state index is 10.5. The summed E-state index contributed by atoms with van der Waals surface area (Å²) in [6.45, 7) is 0. The molecule has 2 aromatic rings. The van der Waals surface area contributed by atoms with Crippen molar-refractivity contribution in [2.24, 2.45) is 0 Å². The van der Waals surface area contributed by atoms with Gasteiger partial charge in [-0.15, -0.1) is 11.3 Å². The van der Waals surface area contributed by atoms with Crippen molar-refractivity contribution in [3.63, 3.8) is 0 Å². The van der Waals surface area contributed by atoms with Crippen LogP contribution >= 0.6 is 11.3 Å². The van der Waals surface area contributed by atoms with E-state index in [0.29, 0.717) is 0 Å². The van der Waals surface area contributed by atoms with Gasteiger partial charge in [-0.05, 0) is 12.1 Å². The molecule has 2 rings (SSSR count). The molecule has 1 aromatic carbocycles. The van der Waals surface area contributed by atoms with Crippen molar-refractivity contribution in [3.05, 3.63) is 45.5 Å². The minimum atomic E-state index is -0.438. The van der Waals surface area contributed by atoms with Crippen molar-refractivity contribution < 1.29 is 4.92 Å². The smallest absolute Gasteiger partial charge is 0.258 e. The zero-order valence-electron chi connectivity index (χ0n) is 8.66. The highest BCUT2D eigenvalue weighted by molar-refractivity contribution is 7.13. The molecule has 6 heteroatoms. The molecule has 5 nitrogen and oxygen atoms in total. The van der Waals surface area contributed by atoms with Crippen LogP contribution in [0.1, 0.15) is 5.69 Å². The summed E-state index contributed by atoms with van der Waals surface area (Å²) in [6.07, 6.45) is 0.281. The van der Waals surface area contributed by atoms with Gasteiger partial charge in [0.05, 0.1) is 23.1 Å². The van der Waals surface area contributed by atoms with Crippen LogP contribution in [0.4, 0.5) is 5.69 Å². The topological polar surface area (TPSA) is 79.8 Å². The highest BCUT2D eigenvalue weighted by atomic mass is 32.1.